The van der Waals surface area contributed by atoms with Crippen LogP contribution in [0.15, 0.2) is 54.6 Å². The zero-order valence-corrected chi connectivity index (χ0v) is 13.5. The van der Waals surface area contributed by atoms with Gasteiger partial charge in [-0.05, 0) is 55.4 Å². The van der Waals surface area contributed by atoms with Crippen molar-refractivity contribution in [2.75, 3.05) is 7.11 Å². The molecule has 2 nitrogen and oxygen atoms in total. The number of piperidine rings is 1. The maximum absolute atomic E-state index is 5.25. The molecule has 1 saturated heterocycles. The Hall–Kier alpha value is -1.80. The van der Waals surface area contributed by atoms with Crippen LogP contribution in [0.4, 0.5) is 0 Å². The number of methoxy groups -OCH3 is 1. The van der Waals surface area contributed by atoms with Gasteiger partial charge in [-0.3, -0.25) is 0 Å². The van der Waals surface area contributed by atoms with E-state index in [1.807, 2.05) is 0 Å². The maximum Gasteiger partial charge on any atom is 0.118 e. The second-order valence-electron chi connectivity index (χ2n) is 6.35. The van der Waals surface area contributed by atoms with Gasteiger partial charge in [-0.2, -0.15) is 0 Å². The molecule has 116 valence electrons. The van der Waals surface area contributed by atoms with E-state index in [1.54, 1.807) is 7.11 Å². The lowest BCUT2D eigenvalue weighted by Gasteiger charge is -2.37. The van der Waals surface area contributed by atoms with Gasteiger partial charge in [-0.1, -0.05) is 42.5 Å². The minimum Gasteiger partial charge on any atom is -0.497 e. The molecule has 2 aromatic rings. The fourth-order valence-electron chi connectivity index (χ4n) is 3.47. The topological polar surface area (TPSA) is 21.3 Å². The predicted octanol–water partition coefficient (Wildman–Crippen LogP) is 4.37. The van der Waals surface area contributed by atoms with Crippen molar-refractivity contribution in [2.24, 2.45) is 5.92 Å². The Labute approximate surface area is 133 Å². The van der Waals surface area contributed by atoms with Crippen LogP contribution in [-0.2, 0) is 6.42 Å². The van der Waals surface area contributed by atoms with Crippen molar-refractivity contribution in [3.63, 3.8) is 0 Å². The second kappa shape index (κ2) is 6.97. The van der Waals surface area contributed by atoms with Crippen LogP contribution in [0.3, 0.4) is 0 Å². The number of hydrogen-bond donors (Lipinski definition) is 1. The quantitative estimate of drug-likeness (QED) is 0.904. The zero-order valence-electron chi connectivity index (χ0n) is 13.5. The lowest BCUT2D eigenvalue weighted by Crippen LogP contribution is -2.40. The van der Waals surface area contributed by atoms with E-state index in [-0.39, 0.29) is 0 Å². The van der Waals surface area contributed by atoms with Crippen LogP contribution in [0, 0.1) is 5.92 Å². The molecule has 0 radical (unpaired) electrons. The lowest BCUT2D eigenvalue weighted by atomic mass is 9.80. The minimum absolute atomic E-state index is 0.451. The molecule has 1 heterocycles. The van der Waals surface area contributed by atoms with Crippen LogP contribution >= 0.6 is 0 Å². The van der Waals surface area contributed by atoms with Crippen molar-refractivity contribution in [3.05, 3.63) is 65.7 Å². The van der Waals surface area contributed by atoms with Crippen LogP contribution in [0.25, 0.3) is 0 Å². The van der Waals surface area contributed by atoms with E-state index < -0.39 is 0 Å². The van der Waals surface area contributed by atoms with Gasteiger partial charge < -0.3 is 10.1 Å². The van der Waals surface area contributed by atoms with Gasteiger partial charge in [0.15, 0.2) is 0 Å². The molecule has 0 unspecified atom stereocenters. The summed E-state index contributed by atoms with van der Waals surface area (Å²) < 4.78 is 5.25. The van der Waals surface area contributed by atoms with Crippen molar-refractivity contribution in [2.45, 2.75) is 38.3 Å². The average Bonchev–Trinajstić information content (AvgIpc) is 2.58. The van der Waals surface area contributed by atoms with Gasteiger partial charge in [0.2, 0.25) is 0 Å². The maximum atomic E-state index is 5.25. The van der Waals surface area contributed by atoms with Crippen molar-refractivity contribution in [1.82, 2.24) is 5.32 Å². The van der Waals surface area contributed by atoms with Gasteiger partial charge in [-0.25, -0.2) is 0 Å². The first kappa shape index (κ1) is 15.1. The molecular formula is C20H25NO. The third-order valence-electron chi connectivity index (χ3n) is 4.72. The highest BCUT2D eigenvalue weighted by Crippen LogP contribution is 2.34. The first-order valence-corrected chi connectivity index (χ1v) is 8.20. The van der Waals surface area contributed by atoms with E-state index in [9.17, 15) is 0 Å². The van der Waals surface area contributed by atoms with Crippen LogP contribution in [-0.4, -0.2) is 13.2 Å². The standard InChI is InChI=1S/C20H25NO/c1-15-8-11-18(14-16-9-12-19(22-2)13-10-16)20(21-15)17-6-4-3-5-7-17/h3-7,9-10,12-13,15,18,20-21H,8,11,14H2,1-2H3/t15-,18-,20+/m1/s1. The van der Waals surface area contributed by atoms with Crippen LogP contribution in [0.1, 0.15) is 36.9 Å². The van der Waals surface area contributed by atoms with E-state index in [1.165, 1.54) is 24.0 Å². The van der Waals surface area contributed by atoms with Gasteiger partial charge in [0.25, 0.3) is 0 Å². The van der Waals surface area contributed by atoms with Crippen molar-refractivity contribution in [3.8, 4) is 5.75 Å². The number of nitrogens with one attached hydrogen (secondary N) is 1. The van der Waals surface area contributed by atoms with Crippen LogP contribution < -0.4 is 10.1 Å². The summed E-state index contributed by atoms with van der Waals surface area (Å²) in [6.07, 6.45) is 3.65. The van der Waals surface area contributed by atoms with Crippen LogP contribution in [0.2, 0.25) is 0 Å². The smallest absolute Gasteiger partial charge is 0.118 e. The normalized spacial score (nSPS) is 24.9. The van der Waals surface area contributed by atoms with Crippen molar-refractivity contribution < 1.29 is 4.74 Å². The van der Waals surface area contributed by atoms with Gasteiger partial charge in [0.05, 0.1) is 7.11 Å². The molecule has 0 saturated carbocycles. The molecule has 0 aromatic heterocycles. The molecule has 3 rings (SSSR count). The largest absolute Gasteiger partial charge is 0.497 e. The Bertz CT molecular complexity index is 578. The molecule has 2 aromatic carbocycles. The molecule has 0 amide bonds. The van der Waals surface area contributed by atoms with E-state index in [4.69, 9.17) is 4.74 Å². The highest BCUT2D eigenvalue weighted by Gasteiger charge is 2.29. The highest BCUT2D eigenvalue weighted by atomic mass is 16.5. The first-order valence-electron chi connectivity index (χ1n) is 8.20. The van der Waals surface area contributed by atoms with Crippen molar-refractivity contribution in [1.29, 1.82) is 0 Å². The minimum atomic E-state index is 0.451. The molecule has 0 bridgehead atoms. The summed E-state index contributed by atoms with van der Waals surface area (Å²) in [5, 5.41) is 3.80. The van der Waals surface area contributed by atoms with Crippen LogP contribution in [0.5, 0.6) is 5.75 Å². The van der Waals surface area contributed by atoms with Gasteiger partial charge in [-0.15, -0.1) is 0 Å². The summed E-state index contributed by atoms with van der Waals surface area (Å²) in [4.78, 5) is 0. The molecule has 22 heavy (non-hydrogen) atoms. The number of benzene rings is 2. The van der Waals surface area contributed by atoms with E-state index in [0.717, 1.165) is 12.2 Å². The molecule has 0 aliphatic carbocycles. The fraction of sp³-hybridized carbons (Fsp3) is 0.400. The van der Waals surface area contributed by atoms with E-state index in [0.29, 0.717) is 18.0 Å². The van der Waals surface area contributed by atoms with E-state index >= 15 is 0 Å². The molecule has 1 N–H and O–H groups in total. The number of ether oxygens (including phenoxy) is 1. The van der Waals surface area contributed by atoms with Gasteiger partial charge in [0.1, 0.15) is 5.75 Å². The first-order chi connectivity index (χ1) is 10.8. The Morgan fingerprint density at radius 2 is 1.73 bits per heavy atom. The summed E-state index contributed by atoms with van der Waals surface area (Å²) in [6, 6.07) is 20.4. The van der Waals surface area contributed by atoms with Gasteiger partial charge >= 0.3 is 0 Å². The lowest BCUT2D eigenvalue weighted by molar-refractivity contribution is 0.239. The monoisotopic (exact) mass is 295 g/mol. The Morgan fingerprint density at radius 1 is 1.00 bits per heavy atom. The Morgan fingerprint density at radius 3 is 2.41 bits per heavy atom. The average molecular weight is 295 g/mol. The number of hydrogen-bond acceptors (Lipinski definition) is 2. The molecule has 2 heteroatoms. The third-order valence-corrected chi connectivity index (χ3v) is 4.72. The Balaban J connectivity index is 1.77. The molecular weight excluding hydrogens is 270 g/mol. The SMILES string of the molecule is COc1ccc(C[C@H]2CC[C@@H](C)N[C@H]2c2ccccc2)cc1. The second-order valence-corrected chi connectivity index (χ2v) is 6.35. The summed E-state index contributed by atoms with van der Waals surface area (Å²) in [6.45, 7) is 2.29. The zero-order chi connectivity index (χ0) is 15.4. The molecule has 3 atom stereocenters. The summed E-state index contributed by atoms with van der Waals surface area (Å²) >= 11 is 0. The fourth-order valence-corrected chi connectivity index (χ4v) is 3.47. The molecule has 0 spiro atoms. The molecule has 1 aliphatic rings. The van der Waals surface area contributed by atoms with Gasteiger partial charge in [0, 0.05) is 12.1 Å². The third kappa shape index (κ3) is 3.50. The molecule has 1 fully saturated rings. The predicted molar refractivity (Wildman–Crippen MR) is 91.2 cm³/mol. The van der Waals surface area contributed by atoms with Crippen molar-refractivity contribution >= 4 is 0 Å². The summed E-state index contributed by atoms with van der Waals surface area (Å²) in [5.41, 5.74) is 2.80. The summed E-state index contributed by atoms with van der Waals surface area (Å²) in [5.74, 6) is 1.57. The van der Waals surface area contributed by atoms with E-state index in [2.05, 4.69) is 66.8 Å². The number of rotatable bonds is 4. The summed E-state index contributed by atoms with van der Waals surface area (Å²) in [7, 11) is 1.72. The Kier molecular flexibility index (Phi) is 4.79. The highest BCUT2D eigenvalue weighted by molar-refractivity contribution is 5.28. The molecule has 1 aliphatic heterocycles.